The van der Waals surface area contributed by atoms with Gasteiger partial charge in [-0.3, -0.25) is 4.79 Å². The lowest BCUT2D eigenvalue weighted by Gasteiger charge is -2.16. The first-order valence-electron chi connectivity index (χ1n) is 8.81. The normalized spacial score (nSPS) is 11.4. The molecule has 142 valence electrons. The van der Waals surface area contributed by atoms with Gasteiger partial charge < -0.3 is 16.0 Å². The fourth-order valence-electron chi connectivity index (χ4n) is 2.71. The second kappa shape index (κ2) is 9.06. The van der Waals surface area contributed by atoms with Crippen LogP contribution in [0.25, 0.3) is 0 Å². The highest BCUT2D eigenvalue weighted by Gasteiger charge is 2.16. The molecule has 3 amide bonds. The zero-order valence-electron chi connectivity index (χ0n) is 15.3. The number of urea groups is 1. The van der Waals surface area contributed by atoms with E-state index in [1.807, 2.05) is 37.3 Å². The first kappa shape index (κ1) is 19.5. The number of hydrogen-bond acceptors (Lipinski definition) is 2. The van der Waals surface area contributed by atoms with Crippen molar-refractivity contribution in [1.82, 2.24) is 5.32 Å². The molecular formula is C22H20ClN3O2. The summed E-state index contributed by atoms with van der Waals surface area (Å²) < 4.78 is 0. The fourth-order valence-corrected chi connectivity index (χ4v) is 2.83. The smallest absolute Gasteiger partial charge is 0.323 e. The summed E-state index contributed by atoms with van der Waals surface area (Å²) in [5.41, 5.74) is 2.41. The summed E-state index contributed by atoms with van der Waals surface area (Å²) in [6, 6.07) is 22.7. The number of amides is 3. The molecule has 0 aliphatic carbocycles. The van der Waals surface area contributed by atoms with Crippen LogP contribution in [0.3, 0.4) is 0 Å². The first-order valence-corrected chi connectivity index (χ1v) is 9.19. The first-order chi connectivity index (χ1) is 13.5. The molecule has 0 aliphatic rings. The molecule has 0 spiro atoms. The third-order valence-electron chi connectivity index (χ3n) is 4.17. The Morgan fingerprint density at radius 2 is 1.46 bits per heavy atom. The lowest BCUT2D eigenvalue weighted by molar-refractivity contribution is 0.0941. The summed E-state index contributed by atoms with van der Waals surface area (Å²) >= 11 is 5.85. The molecule has 1 atom stereocenters. The SMILES string of the molecule is CC(NC(=O)c1ccccc1NC(=O)Nc1ccc(Cl)cc1)c1ccccc1. The number of anilines is 2. The van der Waals surface area contributed by atoms with Gasteiger partial charge in [0.2, 0.25) is 0 Å². The Morgan fingerprint density at radius 1 is 0.821 bits per heavy atom. The van der Waals surface area contributed by atoms with Gasteiger partial charge in [-0.15, -0.1) is 0 Å². The predicted octanol–water partition coefficient (Wildman–Crippen LogP) is 5.48. The minimum Gasteiger partial charge on any atom is -0.345 e. The molecule has 3 aromatic rings. The quantitative estimate of drug-likeness (QED) is 0.537. The van der Waals surface area contributed by atoms with E-state index >= 15 is 0 Å². The van der Waals surface area contributed by atoms with Gasteiger partial charge in [-0.25, -0.2) is 4.79 Å². The highest BCUT2D eigenvalue weighted by molar-refractivity contribution is 6.30. The van der Waals surface area contributed by atoms with E-state index in [0.29, 0.717) is 22.0 Å². The van der Waals surface area contributed by atoms with Gasteiger partial charge in [0.1, 0.15) is 0 Å². The number of para-hydroxylation sites is 1. The van der Waals surface area contributed by atoms with Gasteiger partial charge in [0.15, 0.2) is 0 Å². The average molecular weight is 394 g/mol. The summed E-state index contributed by atoms with van der Waals surface area (Å²) in [6.45, 7) is 1.91. The van der Waals surface area contributed by atoms with Crippen molar-refractivity contribution in [3.05, 3.63) is 95.0 Å². The maximum atomic E-state index is 12.7. The molecule has 5 nitrogen and oxygen atoms in total. The van der Waals surface area contributed by atoms with Gasteiger partial charge in [-0.1, -0.05) is 54.1 Å². The molecule has 0 heterocycles. The van der Waals surface area contributed by atoms with Crippen molar-refractivity contribution in [2.75, 3.05) is 10.6 Å². The Bertz CT molecular complexity index is 959. The lowest BCUT2D eigenvalue weighted by atomic mass is 10.1. The maximum Gasteiger partial charge on any atom is 0.323 e. The molecule has 0 saturated heterocycles. The molecule has 0 aliphatic heterocycles. The van der Waals surface area contributed by atoms with Crippen molar-refractivity contribution in [3.63, 3.8) is 0 Å². The zero-order valence-corrected chi connectivity index (χ0v) is 16.0. The van der Waals surface area contributed by atoms with Gasteiger partial charge in [0, 0.05) is 10.7 Å². The van der Waals surface area contributed by atoms with Crippen LogP contribution >= 0.6 is 11.6 Å². The van der Waals surface area contributed by atoms with Crippen molar-refractivity contribution < 1.29 is 9.59 Å². The lowest BCUT2D eigenvalue weighted by Crippen LogP contribution is -2.28. The van der Waals surface area contributed by atoms with Crippen LogP contribution in [-0.4, -0.2) is 11.9 Å². The van der Waals surface area contributed by atoms with Gasteiger partial charge in [-0.2, -0.15) is 0 Å². The Morgan fingerprint density at radius 3 is 2.18 bits per heavy atom. The predicted molar refractivity (Wildman–Crippen MR) is 113 cm³/mol. The van der Waals surface area contributed by atoms with Gasteiger partial charge in [0.05, 0.1) is 17.3 Å². The topological polar surface area (TPSA) is 70.2 Å². The van der Waals surface area contributed by atoms with Gasteiger partial charge in [0.25, 0.3) is 5.91 Å². The van der Waals surface area contributed by atoms with E-state index in [0.717, 1.165) is 5.56 Å². The number of rotatable bonds is 5. The second-order valence-corrected chi connectivity index (χ2v) is 6.67. The van der Waals surface area contributed by atoms with Crippen LogP contribution in [0.15, 0.2) is 78.9 Å². The number of nitrogens with one attached hydrogen (secondary N) is 3. The summed E-state index contributed by atoms with van der Waals surface area (Å²) in [7, 11) is 0. The second-order valence-electron chi connectivity index (χ2n) is 6.24. The monoisotopic (exact) mass is 393 g/mol. The highest BCUT2D eigenvalue weighted by atomic mass is 35.5. The van der Waals surface area contributed by atoms with E-state index in [4.69, 9.17) is 11.6 Å². The summed E-state index contributed by atoms with van der Waals surface area (Å²) in [6.07, 6.45) is 0. The summed E-state index contributed by atoms with van der Waals surface area (Å²) in [5.74, 6) is -0.265. The third kappa shape index (κ3) is 5.11. The molecular weight excluding hydrogens is 374 g/mol. The molecule has 1 unspecified atom stereocenters. The van der Waals surface area contributed by atoms with Crippen LogP contribution in [-0.2, 0) is 0 Å². The molecule has 0 radical (unpaired) electrons. The van der Waals surface area contributed by atoms with Crippen molar-refractivity contribution >= 4 is 34.9 Å². The standard InChI is InChI=1S/C22H20ClN3O2/c1-15(16-7-3-2-4-8-16)24-21(27)19-9-5-6-10-20(19)26-22(28)25-18-13-11-17(23)12-14-18/h2-15H,1H3,(H,24,27)(H2,25,26,28). The van der Waals surface area contributed by atoms with Crippen LogP contribution in [0.5, 0.6) is 0 Å². The van der Waals surface area contributed by atoms with Crippen molar-refractivity contribution in [3.8, 4) is 0 Å². The van der Waals surface area contributed by atoms with Crippen LogP contribution < -0.4 is 16.0 Å². The third-order valence-corrected chi connectivity index (χ3v) is 4.42. The molecule has 3 aromatic carbocycles. The van der Waals surface area contributed by atoms with E-state index < -0.39 is 6.03 Å². The Kier molecular flexibility index (Phi) is 6.29. The molecule has 28 heavy (non-hydrogen) atoms. The summed E-state index contributed by atoms with van der Waals surface area (Å²) in [5, 5.41) is 8.97. The minimum absolute atomic E-state index is 0.162. The maximum absolute atomic E-state index is 12.7. The van der Waals surface area contributed by atoms with Gasteiger partial charge in [-0.05, 0) is 48.9 Å². The Hall–Kier alpha value is -3.31. The zero-order chi connectivity index (χ0) is 19.9. The van der Waals surface area contributed by atoms with Crippen molar-refractivity contribution in [1.29, 1.82) is 0 Å². The van der Waals surface area contributed by atoms with Crippen LogP contribution in [0.4, 0.5) is 16.2 Å². The van der Waals surface area contributed by atoms with Gasteiger partial charge >= 0.3 is 6.03 Å². The minimum atomic E-state index is -0.446. The number of carbonyl (C=O) groups excluding carboxylic acids is 2. The fraction of sp³-hybridized carbons (Fsp3) is 0.0909. The molecule has 0 bridgehead atoms. The average Bonchev–Trinajstić information content (AvgIpc) is 2.70. The molecule has 0 saturated carbocycles. The molecule has 0 aromatic heterocycles. The number of halogens is 1. The Labute approximate surface area is 168 Å². The van der Waals surface area contributed by atoms with Crippen LogP contribution in [0.2, 0.25) is 5.02 Å². The van der Waals surface area contributed by atoms with E-state index in [-0.39, 0.29) is 11.9 Å². The summed E-state index contributed by atoms with van der Waals surface area (Å²) in [4.78, 5) is 25.0. The molecule has 0 fully saturated rings. The van der Waals surface area contributed by atoms with Crippen LogP contribution in [0, 0.1) is 0 Å². The molecule has 6 heteroatoms. The van der Waals surface area contributed by atoms with Crippen molar-refractivity contribution in [2.24, 2.45) is 0 Å². The highest BCUT2D eigenvalue weighted by Crippen LogP contribution is 2.19. The van der Waals surface area contributed by atoms with E-state index in [1.165, 1.54) is 0 Å². The van der Waals surface area contributed by atoms with Crippen LogP contribution in [0.1, 0.15) is 28.9 Å². The number of carbonyl (C=O) groups is 2. The number of hydrogen-bond donors (Lipinski definition) is 3. The van der Waals surface area contributed by atoms with E-state index in [9.17, 15) is 9.59 Å². The number of benzene rings is 3. The van der Waals surface area contributed by atoms with Crippen molar-refractivity contribution in [2.45, 2.75) is 13.0 Å². The van der Waals surface area contributed by atoms with E-state index in [2.05, 4.69) is 16.0 Å². The Balaban J connectivity index is 1.69. The van der Waals surface area contributed by atoms with E-state index in [1.54, 1.807) is 48.5 Å². The molecule has 3 rings (SSSR count). The largest absolute Gasteiger partial charge is 0.345 e. The molecule has 3 N–H and O–H groups in total.